The maximum Gasteiger partial charge on any atom is 0.329 e. The number of hydrogen-bond donors (Lipinski definition) is 2. The van der Waals surface area contributed by atoms with Gasteiger partial charge in [-0.05, 0) is 49.7 Å². The lowest BCUT2D eigenvalue weighted by Crippen LogP contribution is -2.44. The van der Waals surface area contributed by atoms with E-state index in [1.54, 1.807) is 16.2 Å². The van der Waals surface area contributed by atoms with E-state index in [2.05, 4.69) is 16.7 Å². The van der Waals surface area contributed by atoms with Crippen LogP contribution in [0.5, 0.6) is 0 Å². The van der Waals surface area contributed by atoms with Crippen LogP contribution in [0, 0.1) is 0 Å². The summed E-state index contributed by atoms with van der Waals surface area (Å²) in [5.74, 6) is -0.225. The van der Waals surface area contributed by atoms with Crippen molar-refractivity contribution < 1.29 is 9.59 Å². The number of hydrogen-bond acceptors (Lipinski definition) is 4. The summed E-state index contributed by atoms with van der Waals surface area (Å²) in [7, 11) is 1.78. The van der Waals surface area contributed by atoms with Gasteiger partial charge in [0.15, 0.2) is 0 Å². The van der Waals surface area contributed by atoms with Gasteiger partial charge in [0.05, 0.1) is 11.0 Å². The zero-order chi connectivity index (χ0) is 18.7. The van der Waals surface area contributed by atoms with E-state index in [0.717, 1.165) is 23.9 Å². The Morgan fingerprint density at radius 1 is 1.04 bits per heavy atom. The van der Waals surface area contributed by atoms with E-state index in [0.29, 0.717) is 24.4 Å². The first-order valence-electron chi connectivity index (χ1n) is 9.82. The number of piperidine rings is 2. The average Bonchev–Trinajstić information content (AvgIpc) is 3.12. The highest BCUT2D eigenvalue weighted by Gasteiger charge is 2.36. The third-order valence-corrected chi connectivity index (χ3v) is 6.57. The van der Waals surface area contributed by atoms with Crippen LogP contribution in [0.1, 0.15) is 56.0 Å². The number of amides is 2. The van der Waals surface area contributed by atoms with Gasteiger partial charge in [-0.25, -0.2) is 4.79 Å². The van der Waals surface area contributed by atoms with Crippen molar-refractivity contribution in [2.24, 2.45) is 7.05 Å². The molecule has 5 rings (SSSR count). The van der Waals surface area contributed by atoms with Gasteiger partial charge < -0.3 is 5.32 Å². The Bertz CT molecular complexity index is 993. The normalized spacial score (nSPS) is 30.7. The van der Waals surface area contributed by atoms with Gasteiger partial charge in [-0.1, -0.05) is 12.1 Å². The SMILES string of the molecule is Cn1c(=O)n(C2CCC(=O)NC2=O)c2cccc(C3CC4CCC(C3)N4)c21. The molecule has 2 amide bonds. The number of carbonyl (C=O) groups excluding carboxylic acids is 2. The van der Waals surface area contributed by atoms with Crippen molar-refractivity contribution in [1.29, 1.82) is 0 Å². The van der Waals surface area contributed by atoms with Crippen molar-refractivity contribution in [2.45, 2.75) is 62.6 Å². The fourth-order valence-electron chi connectivity index (χ4n) is 5.34. The molecular formula is C20H24N4O3. The fourth-order valence-corrected chi connectivity index (χ4v) is 5.34. The van der Waals surface area contributed by atoms with E-state index in [1.165, 1.54) is 18.4 Å². The highest BCUT2D eigenvalue weighted by atomic mass is 16.2. The van der Waals surface area contributed by atoms with Gasteiger partial charge in [-0.3, -0.25) is 24.0 Å². The monoisotopic (exact) mass is 368 g/mol. The number of aryl methyl sites for hydroxylation is 1. The Morgan fingerprint density at radius 3 is 2.48 bits per heavy atom. The maximum atomic E-state index is 13.0. The largest absolute Gasteiger partial charge is 0.329 e. The molecule has 1 aromatic carbocycles. The van der Waals surface area contributed by atoms with Crippen molar-refractivity contribution >= 4 is 22.8 Å². The number of imide groups is 1. The van der Waals surface area contributed by atoms with Crippen LogP contribution in [0.4, 0.5) is 0 Å². The number of nitrogens with zero attached hydrogens (tertiary/aromatic N) is 2. The van der Waals surface area contributed by atoms with E-state index < -0.39 is 6.04 Å². The smallest absolute Gasteiger partial charge is 0.311 e. The van der Waals surface area contributed by atoms with Crippen molar-refractivity contribution in [1.82, 2.24) is 19.8 Å². The molecule has 3 atom stereocenters. The molecule has 3 aliphatic rings. The number of para-hydroxylation sites is 1. The third-order valence-electron chi connectivity index (χ3n) is 6.57. The minimum absolute atomic E-state index is 0.191. The summed E-state index contributed by atoms with van der Waals surface area (Å²) in [5.41, 5.74) is 2.74. The summed E-state index contributed by atoms with van der Waals surface area (Å²) in [4.78, 5) is 36.9. The van der Waals surface area contributed by atoms with Crippen LogP contribution >= 0.6 is 0 Å². The van der Waals surface area contributed by atoms with Gasteiger partial charge in [-0.15, -0.1) is 0 Å². The second kappa shape index (κ2) is 6.05. The number of rotatable bonds is 2. The zero-order valence-corrected chi connectivity index (χ0v) is 15.4. The van der Waals surface area contributed by atoms with Crippen LogP contribution < -0.4 is 16.3 Å². The van der Waals surface area contributed by atoms with Crippen molar-refractivity contribution in [2.75, 3.05) is 0 Å². The van der Waals surface area contributed by atoms with Gasteiger partial charge in [0.25, 0.3) is 0 Å². The minimum Gasteiger partial charge on any atom is -0.311 e. The first-order valence-corrected chi connectivity index (χ1v) is 9.82. The molecular weight excluding hydrogens is 344 g/mol. The Hall–Kier alpha value is -2.41. The minimum atomic E-state index is -0.627. The first kappa shape index (κ1) is 16.7. The molecule has 2 N–H and O–H groups in total. The molecule has 4 heterocycles. The summed E-state index contributed by atoms with van der Waals surface area (Å²) < 4.78 is 3.26. The summed E-state index contributed by atoms with van der Waals surface area (Å²) in [6, 6.07) is 6.55. The molecule has 1 aromatic heterocycles. The number of nitrogens with one attached hydrogen (secondary N) is 2. The van der Waals surface area contributed by atoms with Gasteiger partial charge in [-0.2, -0.15) is 0 Å². The lowest BCUT2D eigenvalue weighted by Gasteiger charge is -2.30. The molecule has 2 aromatic rings. The molecule has 3 unspecified atom stereocenters. The van der Waals surface area contributed by atoms with Crippen LogP contribution in [-0.4, -0.2) is 33.0 Å². The quantitative estimate of drug-likeness (QED) is 0.783. The highest BCUT2D eigenvalue weighted by Crippen LogP contribution is 2.39. The summed E-state index contributed by atoms with van der Waals surface area (Å²) in [6.07, 6.45) is 5.27. The Labute approximate surface area is 156 Å². The van der Waals surface area contributed by atoms with Crippen molar-refractivity contribution in [3.05, 3.63) is 34.2 Å². The van der Waals surface area contributed by atoms with E-state index in [4.69, 9.17) is 0 Å². The summed E-state index contributed by atoms with van der Waals surface area (Å²) >= 11 is 0. The molecule has 0 radical (unpaired) electrons. The molecule has 3 aliphatic heterocycles. The second-order valence-corrected chi connectivity index (χ2v) is 8.20. The molecule has 0 aliphatic carbocycles. The molecule has 7 nitrogen and oxygen atoms in total. The van der Waals surface area contributed by atoms with E-state index in [-0.39, 0.29) is 23.9 Å². The first-order chi connectivity index (χ1) is 13.0. The Balaban J connectivity index is 1.63. The molecule has 0 spiro atoms. The lowest BCUT2D eigenvalue weighted by atomic mass is 9.85. The number of fused-ring (bicyclic) bond motifs is 3. The number of aromatic nitrogens is 2. The van der Waals surface area contributed by atoms with Gasteiger partial charge in [0, 0.05) is 25.6 Å². The molecule has 7 heteroatoms. The van der Waals surface area contributed by atoms with Crippen LogP contribution in [0.25, 0.3) is 11.0 Å². The van der Waals surface area contributed by atoms with Gasteiger partial charge >= 0.3 is 5.69 Å². The summed E-state index contributed by atoms with van der Waals surface area (Å²) in [5, 5.41) is 6.04. The average molecular weight is 368 g/mol. The van der Waals surface area contributed by atoms with E-state index >= 15 is 0 Å². The van der Waals surface area contributed by atoms with E-state index in [9.17, 15) is 14.4 Å². The van der Waals surface area contributed by atoms with Gasteiger partial charge in [0.2, 0.25) is 11.8 Å². The van der Waals surface area contributed by atoms with Crippen molar-refractivity contribution in [3.63, 3.8) is 0 Å². The third kappa shape index (κ3) is 2.56. The topological polar surface area (TPSA) is 85.1 Å². The molecule has 0 saturated carbocycles. The Morgan fingerprint density at radius 2 is 1.78 bits per heavy atom. The van der Waals surface area contributed by atoms with Crippen LogP contribution in [0.15, 0.2) is 23.0 Å². The molecule has 27 heavy (non-hydrogen) atoms. The lowest BCUT2D eigenvalue weighted by molar-refractivity contribution is -0.135. The number of imidazole rings is 1. The standard InChI is InChI=1S/C20H24N4O3/c1-23-18-14(11-9-12-5-6-13(10-11)21-12)3-2-4-15(18)24(20(23)27)16-7-8-17(25)22-19(16)26/h2-4,11-13,16,21H,5-10H2,1H3,(H,22,25,26). The molecule has 2 bridgehead atoms. The van der Waals surface area contributed by atoms with Crippen molar-refractivity contribution in [3.8, 4) is 0 Å². The predicted octanol–water partition coefficient (Wildman–Crippen LogP) is 1.32. The van der Waals surface area contributed by atoms with Crippen LogP contribution in [0.2, 0.25) is 0 Å². The Kier molecular flexibility index (Phi) is 3.75. The highest BCUT2D eigenvalue weighted by molar-refractivity contribution is 6.00. The molecule has 3 saturated heterocycles. The van der Waals surface area contributed by atoms with Gasteiger partial charge in [0.1, 0.15) is 6.04 Å². The maximum absolute atomic E-state index is 13.0. The van der Waals surface area contributed by atoms with E-state index in [1.807, 2.05) is 12.1 Å². The second-order valence-electron chi connectivity index (χ2n) is 8.20. The molecule has 142 valence electrons. The van der Waals surface area contributed by atoms with Crippen LogP contribution in [-0.2, 0) is 16.6 Å². The zero-order valence-electron chi connectivity index (χ0n) is 15.4. The number of benzene rings is 1. The van der Waals surface area contributed by atoms with Crippen LogP contribution in [0.3, 0.4) is 0 Å². The number of carbonyl (C=O) groups is 2. The fraction of sp³-hybridized carbons (Fsp3) is 0.550. The molecule has 3 fully saturated rings. The predicted molar refractivity (Wildman–Crippen MR) is 101 cm³/mol. The summed E-state index contributed by atoms with van der Waals surface area (Å²) in [6.45, 7) is 0.